The van der Waals surface area contributed by atoms with Crippen molar-refractivity contribution in [2.45, 2.75) is 13.0 Å². The number of pyridine rings is 1. The second-order valence-corrected chi connectivity index (χ2v) is 4.50. The fourth-order valence-electron chi connectivity index (χ4n) is 1.93. The largest absolute Gasteiger partial charge is 0.362 e. The van der Waals surface area contributed by atoms with Crippen LogP contribution < -0.4 is 5.32 Å². The summed E-state index contributed by atoms with van der Waals surface area (Å²) in [4.78, 5) is 4.24. The quantitative estimate of drug-likeness (QED) is 0.788. The Morgan fingerprint density at radius 3 is 2.60 bits per heavy atom. The molecule has 3 rings (SSSR count). The molecular weight excluding hydrogens is 250 g/mol. The molecule has 5 heteroatoms. The van der Waals surface area contributed by atoms with E-state index in [-0.39, 0.29) is 6.04 Å². The lowest BCUT2D eigenvalue weighted by molar-refractivity contribution is 0.779. The number of nitrogens with zero attached hydrogens (tertiary/aromatic N) is 4. The number of benzene rings is 1. The van der Waals surface area contributed by atoms with Crippen LogP contribution in [0.15, 0.2) is 60.9 Å². The zero-order chi connectivity index (χ0) is 13.8. The van der Waals surface area contributed by atoms with Crippen LogP contribution >= 0.6 is 0 Å². The van der Waals surface area contributed by atoms with E-state index in [0.29, 0.717) is 0 Å². The predicted octanol–water partition coefficient (Wildman–Crippen LogP) is 2.84. The van der Waals surface area contributed by atoms with Crippen molar-refractivity contribution in [3.05, 3.63) is 66.6 Å². The van der Waals surface area contributed by atoms with Gasteiger partial charge in [-0.1, -0.05) is 29.5 Å². The molecule has 0 saturated carbocycles. The molecule has 1 aromatic carbocycles. The number of aromatic nitrogens is 4. The summed E-state index contributed by atoms with van der Waals surface area (Å²) in [7, 11) is 0. The van der Waals surface area contributed by atoms with Gasteiger partial charge in [-0.2, -0.15) is 0 Å². The second kappa shape index (κ2) is 5.52. The maximum absolute atomic E-state index is 4.24. The Labute approximate surface area is 117 Å². The van der Waals surface area contributed by atoms with Gasteiger partial charge in [-0.25, -0.2) is 9.67 Å². The van der Waals surface area contributed by atoms with Gasteiger partial charge in [0.25, 0.3) is 0 Å². The van der Waals surface area contributed by atoms with Gasteiger partial charge >= 0.3 is 0 Å². The first kappa shape index (κ1) is 12.3. The summed E-state index contributed by atoms with van der Waals surface area (Å²) < 4.78 is 1.77. The Hall–Kier alpha value is -2.69. The highest BCUT2D eigenvalue weighted by Crippen LogP contribution is 2.16. The lowest BCUT2D eigenvalue weighted by Gasteiger charge is -2.10. The molecule has 1 atom stereocenters. The average molecular weight is 265 g/mol. The molecular formula is C15H15N5. The number of para-hydroxylation sites is 1. The Bertz CT molecular complexity index is 663. The molecule has 0 aliphatic carbocycles. The van der Waals surface area contributed by atoms with Crippen molar-refractivity contribution >= 4 is 5.82 Å². The first-order chi connectivity index (χ1) is 9.83. The summed E-state index contributed by atoms with van der Waals surface area (Å²) in [5, 5.41) is 11.7. The zero-order valence-electron chi connectivity index (χ0n) is 11.1. The third-order valence-electron chi connectivity index (χ3n) is 3.00. The Balaban J connectivity index is 1.77. The highest BCUT2D eigenvalue weighted by molar-refractivity contribution is 5.36. The Morgan fingerprint density at radius 1 is 1.05 bits per heavy atom. The molecule has 0 radical (unpaired) electrons. The smallest absolute Gasteiger partial charge is 0.126 e. The Kier molecular flexibility index (Phi) is 3.41. The van der Waals surface area contributed by atoms with Gasteiger partial charge < -0.3 is 5.32 Å². The van der Waals surface area contributed by atoms with Crippen molar-refractivity contribution in [3.63, 3.8) is 0 Å². The van der Waals surface area contributed by atoms with E-state index in [0.717, 1.165) is 17.2 Å². The average Bonchev–Trinajstić information content (AvgIpc) is 2.99. The maximum Gasteiger partial charge on any atom is 0.126 e. The minimum absolute atomic E-state index is 0.0439. The van der Waals surface area contributed by atoms with Crippen LogP contribution in [0.5, 0.6) is 0 Å². The molecule has 0 aliphatic rings. The molecule has 0 bridgehead atoms. The highest BCUT2D eigenvalue weighted by Gasteiger charge is 2.10. The van der Waals surface area contributed by atoms with E-state index in [1.807, 2.05) is 61.7 Å². The minimum atomic E-state index is 0.0439. The number of anilines is 1. The molecule has 0 spiro atoms. The number of hydrogen-bond donors (Lipinski definition) is 1. The molecule has 20 heavy (non-hydrogen) atoms. The SMILES string of the molecule is CC(Nc1ccccn1)c1cn(-c2ccccc2)nn1. The third-order valence-corrected chi connectivity index (χ3v) is 3.00. The molecule has 0 fully saturated rings. The van der Waals surface area contributed by atoms with Crippen LogP contribution in [0, 0.1) is 0 Å². The molecule has 2 heterocycles. The van der Waals surface area contributed by atoms with Crippen LogP contribution in [0.1, 0.15) is 18.7 Å². The first-order valence-corrected chi connectivity index (χ1v) is 6.48. The van der Waals surface area contributed by atoms with E-state index >= 15 is 0 Å². The van der Waals surface area contributed by atoms with Gasteiger partial charge in [0.1, 0.15) is 11.5 Å². The van der Waals surface area contributed by atoms with Crippen molar-refractivity contribution < 1.29 is 0 Å². The summed E-state index contributed by atoms with van der Waals surface area (Å²) in [5.74, 6) is 0.828. The topological polar surface area (TPSA) is 55.6 Å². The summed E-state index contributed by atoms with van der Waals surface area (Å²) >= 11 is 0. The fourth-order valence-corrected chi connectivity index (χ4v) is 1.93. The van der Waals surface area contributed by atoms with Crippen molar-refractivity contribution in [1.29, 1.82) is 0 Å². The second-order valence-electron chi connectivity index (χ2n) is 4.50. The Morgan fingerprint density at radius 2 is 1.85 bits per heavy atom. The van der Waals surface area contributed by atoms with E-state index in [1.54, 1.807) is 10.9 Å². The monoisotopic (exact) mass is 265 g/mol. The molecule has 1 N–H and O–H groups in total. The van der Waals surface area contributed by atoms with Gasteiger partial charge in [-0.15, -0.1) is 5.10 Å². The lowest BCUT2D eigenvalue weighted by Crippen LogP contribution is -2.08. The molecule has 0 amide bonds. The number of hydrogen-bond acceptors (Lipinski definition) is 4. The summed E-state index contributed by atoms with van der Waals surface area (Å²) in [6.07, 6.45) is 3.69. The van der Waals surface area contributed by atoms with Crippen molar-refractivity contribution in [3.8, 4) is 5.69 Å². The molecule has 0 saturated heterocycles. The molecule has 100 valence electrons. The molecule has 2 aromatic heterocycles. The van der Waals surface area contributed by atoms with Crippen LogP contribution in [-0.4, -0.2) is 20.0 Å². The third kappa shape index (κ3) is 2.66. The number of nitrogens with one attached hydrogen (secondary N) is 1. The van der Waals surface area contributed by atoms with Crippen LogP contribution in [-0.2, 0) is 0 Å². The van der Waals surface area contributed by atoms with Crippen LogP contribution in [0.4, 0.5) is 5.82 Å². The van der Waals surface area contributed by atoms with Gasteiger partial charge in [0.15, 0.2) is 0 Å². The number of rotatable bonds is 4. The molecule has 5 nitrogen and oxygen atoms in total. The van der Waals surface area contributed by atoms with Crippen LogP contribution in [0.3, 0.4) is 0 Å². The minimum Gasteiger partial charge on any atom is -0.362 e. The summed E-state index contributed by atoms with van der Waals surface area (Å²) in [6.45, 7) is 2.04. The predicted molar refractivity (Wildman–Crippen MR) is 77.6 cm³/mol. The van der Waals surface area contributed by atoms with Crippen molar-refractivity contribution in [2.75, 3.05) is 5.32 Å². The molecule has 0 aliphatic heterocycles. The normalized spacial score (nSPS) is 12.1. The molecule has 1 unspecified atom stereocenters. The summed E-state index contributed by atoms with van der Waals surface area (Å²) in [5.41, 5.74) is 1.87. The van der Waals surface area contributed by atoms with Gasteiger partial charge in [0, 0.05) is 6.20 Å². The van der Waals surface area contributed by atoms with Gasteiger partial charge in [-0.3, -0.25) is 0 Å². The van der Waals surface area contributed by atoms with E-state index in [9.17, 15) is 0 Å². The maximum atomic E-state index is 4.24. The zero-order valence-corrected chi connectivity index (χ0v) is 11.1. The van der Waals surface area contributed by atoms with Crippen molar-refractivity contribution in [2.24, 2.45) is 0 Å². The highest BCUT2D eigenvalue weighted by atomic mass is 15.4. The lowest BCUT2D eigenvalue weighted by atomic mass is 10.2. The summed E-state index contributed by atoms with van der Waals surface area (Å²) in [6, 6.07) is 15.7. The van der Waals surface area contributed by atoms with Crippen LogP contribution in [0.25, 0.3) is 5.69 Å². The standard InChI is InChI=1S/C15H15N5/c1-12(17-15-9-5-6-10-16-15)14-11-20(19-18-14)13-7-3-2-4-8-13/h2-12H,1H3,(H,16,17). The first-order valence-electron chi connectivity index (χ1n) is 6.48. The van der Waals surface area contributed by atoms with E-state index in [4.69, 9.17) is 0 Å². The van der Waals surface area contributed by atoms with Gasteiger partial charge in [-0.05, 0) is 31.2 Å². The molecule has 3 aromatic rings. The van der Waals surface area contributed by atoms with Gasteiger partial charge in [0.2, 0.25) is 0 Å². The van der Waals surface area contributed by atoms with E-state index in [2.05, 4.69) is 20.6 Å². The van der Waals surface area contributed by atoms with Gasteiger partial charge in [0.05, 0.1) is 17.9 Å². The fraction of sp³-hybridized carbons (Fsp3) is 0.133. The van der Waals surface area contributed by atoms with Crippen LogP contribution in [0.2, 0.25) is 0 Å². The van der Waals surface area contributed by atoms with Crippen molar-refractivity contribution in [1.82, 2.24) is 20.0 Å². The van der Waals surface area contributed by atoms with E-state index < -0.39 is 0 Å². The van der Waals surface area contributed by atoms with E-state index in [1.165, 1.54) is 0 Å².